The molecule has 226 valence electrons. The van der Waals surface area contributed by atoms with E-state index in [1.54, 1.807) is 36.5 Å². The quantitative estimate of drug-likeness (QED) is 0.0726. The molecule has 11 nitrogen and oxygen atoms in total. The zero-order chi connectivity index (χ0) is 32.2. The fourth-order valence-electron chi connectivity index (χ4n) is 3.38. The third-order valence-electron chi connectivity index (χ3n) is 5.47. The van der Waals surface area contributed by atoms with Gasteiger partial charge in [-0.1, -0.05) is 29.9 Å². The molecule has 2 aliphatic heterocycles. The molecule has 0 saturated heterocycles. The molecule has 0 saturated carbocycles. The third kappa shape index (κ3) is 11.7. The molecule has 0 unspecified atom stereocenters. The Kier molecular flexibility index (Phi) is 15.1. The van der Waals surface area contributed by atoms with E-state index in [4.69, 9.17) is 29.6 Å². The van der Waals surface area contributed by atoms with Crippen LogP contribution in [0.5, 0.6) is 0 Å². The number of rotatable bonds is 9. The SMILES string of the molecule is Cc1ccc(S(=O)(=O)OCCCC#N)cc1.S=c1nc[nH]c2c1CC=N2.[2H]CF.[C-]#[N+]CCCSc1ncnc2c1CC=N2. The van der Waals surface area contributed by atoms with Gasteiger partial charge in [0.1, 0.15) is 21.8 Å². The van der Waals surface area contributed by atoms with E-state index in [0.29, 0.717) is 24.0 Å². The first kappa shape index (κ1) is 33.6. The zero-order valence-corrected chi connectivity index (χ0v) is 25.9. The molecular weight excluding hydrogens is 612 g/mol. The number of alkyl halides is 1. The van der Waals surface area contributed by atoms with Crippen LogP contribution >= 0.6 is 24.0 Å². The van der Waals surface area contributed by atoms with Crippen LogP contribution < -0.4 is 0 Å². The van der Waals surface area contributed by atoms with Gasteiger partial charge in [-0.25, -0.2) is 31.5 Å². The normalized spacial score (nSPS) is 12.0. The molecule has 1 aromatic carbocycles. The Morgan fingerprint density at radius 1 is 1.19 bits per heavy atom. The molecule has 0 radical (unpaired) electrons. The van der Waals surface area contributed by atoms with Crippen LogP contribution in [0.2, 0.25) is 0 Å². The molecule has 0 spiro atoms. The van der Waals surface area contributed by atoms with Crippen molar-refractivity contribution in [2.24, 2.45) is 9.98 Å². The molecule has 43 heavy (non-hydrogen) atoms. The van der Waals surface area contributed by atoms with E-state index in [9.17, 15) is 12.8 Å². The van der Waals surface area contributed by atoms with Gasteiger partial charge in [-0.2, -0.15) is 13.7 Å². The maximum atomic E-state index is 11.6. The molecule has 0 fully saturated rings. The van der Waals surface area contributed by atoms with Gasteiger partial charge in [-0.3, -0.25) is 8.57 Å². The summed E-state index contributed by atoms with van der Waals surface area (Å²) in [4.78, 5) is 26.9. The lowest BCUT2D eigenvalue weighted by Crippen LogP contribution is -2.07. The van der Waals surface area contributed by atoms with Crippen molar-refractivity contribution < 1.29 is 18.4 Å². The standard InChI is InChI=1S/C11H13NO3S.C10H10N4S.C6H5N3S.CH3F/c1-10-4-6-11(7-5-10)16(13,14)15-9-3-2-8-12;1-11-4-2-6-15-10-8-3-5-12-9(8)13-7-14-10;10-6-4-1-2-7-5(4)8-3-9-6;1-2/h4-7H,2-3,9H2,1H3;5,7H,2-4,6H2;2-3H,1H2,(H,8,9,10);1H3/i;;;1D. The Labute approximate surface area is 261 Å². The second kappa shape index (κ2) is 19.3. The number of nitrogens with one attached hydrogen (secondary N) is 1. The zero-order valence-electron chi connectivity index (χ0n) is 24.4. The lowest BCUT2D eigenvalue weighted by atomic mass is 10.2. The Hall–Kier alpha value is -3.89. The smallest absolute Gasteiger partial charge is 0.296 e. The topological polar surface area (TPSA) is 151 Å². The molecular formula is C28H31FN8O3S3. The molecule has 0 amide bonds. The number of unbranched alkanes of at least 4 members (excludes halogenated alkanes) is 1. The number of aliphatic imine (C=N–C) groups is 2. The maximum absolute atomic E-state index is 11.6. The van der Waals surface area contributed by atoms with E-state index in [2.05, 4.69) is 34.8 Å². The van der Waals surface area contributed by atoms with Crippen molar-refractivity contribution in [1.29, 1.82) is 5.26 Å². The number of nitriles is 1. The first-order chi connectivity index (χ1) is 21.3. The highest BCUT2D eigenvalue weighted by Gasteiger charge is 2.15. The number of fused-ring (bicyclic) bond motifs is 2. The number of nitrogens with zero attached hydrogens (tertiary/aromatic N) is 7. The van der Waals surface area contributed by atoms with Gasteiger partial charge in [0.05, 0.1) is 32.4 Å². The minimum Gasteiger partial charge on any atom is -0.331 e. The van der Waals surface area contributed by atoms with Gasteiger partial charge in [-0.15, -0.1) is 11.8 Å². The summed E-state index contributed by atoms with van der Waals surface area (Å²) in [5.41, 5.74) is 3.16. The van der Waals surface area contributed by atoms with Crippen molar-refractivity contribution in [2.75, 3.05) is 26.1 Å². The molecule has 0 bridgehead atoms. The number of aromatic amines is 1. The van der Waals surface area contributed by atoms with E-state index in [1.165, 1.54) is 12.1 Å². The lowest BCUT2D eigenvalue weighted by Gasteiger charge is -2.04. The lowest BCUT2D eigenvalue weighted by molar-refractivity contribution is 0.314. The van der Waals surface area contributed by atoms with E-state index in [0.717, 1.165) is 58.4 Å². The average molecular weight is 644 g/mol. The number of aromatic nitrogens is 4. The van der Waals surface area contributed by atoms with Crippen LogP contribution in [-0.4, -0.2) is 66.8 Å². The van der Waals surface area contributed by atoms with Crippen LogP contribution in [0, 0.1) is 29.5 Å². The minimum absolute atomic E-state index is 0.0454. The minimum atomic E-state index is -3.67. The number of benzene rings is 1. The molecule has 15 heteroatoms. The van der Waals surface area contributed by atoms with E-state index in [1.807, 2.05) is 25.4 Å². The Morgan fingerprint density at radius 2 is 1.91 bits per heavy atom. The summed E-state index contributed by atoms with van der Waals surface area (Å²) < 4.78 is 44.1. The van der Waals surface area contributed by atoms with Crippen LogP contribution in [0.25, 0.3) is 4.85 Å². The number of hydrogen-bond donors (Lipinski definition) is 1. The summed E-state index contributed by atoms with van der Waals surface area (Å²) in [6.07, 6.45) is 10.1. The Bertz CT molecular complexity index is 1650. The van der Waals surface area contributed by atoms with Crippen LogP contribution in [0.4, 0.5) is 16.0 Å². The summed E-state index contributed by atoms with van der Waals surface area (Å²) in [6.45, 7) is 9.20. The van der Waals surface area contributed by atoms with Crippen LogP contribution in [-0.2, 0) is 27.1 Å². The Balaban J connectivity index is 0.000000224. The van der Waals surface area contributed by atoms with Gasteiger partial charge in [0.25, 0.3) is 10.1 Å². The molecule has 0 aliphatic carbocycles. The van der Waals surface area contributed by atoms with E-state index < -0.39 is 17.3 Å². The maximum Gasteiger partial charge on any atom is 0.296 e. The van der Waals surface area contributed by atoms with Crippen molar-refractivity contribution in [1.82, 2.24) is 19.9 Å². The van der Waals surface area contributed by atoms with Crippen LogP contribution in [0.15, 0.2) is 56.8 Å². The first-order valence-electron chi connectivity index (χ1n) is 13.6. The first-order valence-corrected chi connectivity index (χ1v) is 15.7. The van der Waals surface area contributed by atoms with E-state index in [-0.39, 0.29) is 11.5 Å². The van der Waals surface area contributed by atoms with Gasteiger partial charge in [0.2, 0.25) is 6.54 Å². The molecule has 3 aromatic rings. The highest BCUT2D eigenvalue weighted by molar-refractivity contribution is 7.99. The molecule has 2 aromatic heterocycles. The van der Waals surface area contributed by atoms with Crippen molar-refractivity contribution in [2.45, 2.75) is 48.9 Å². The summed E-state index contributed by atoms with van der Waals surface area (Å²) in [5.74, 6) is 2.60. The third-order valence-corrected chi connectivity index (χ3v) is 8.27. The summed E-state index contributed by atoms with van der Waals surface area (Å²) in [7, 11) is -4.67. The number of thioether (sulfide) groups is 1. The monoisotopic (exact) mass is 643 g/mol. The van der Waals surface area contributed by atoms with Crippen molar-refractivity contribution in [3.63, 3.8) is 0 Å². The highest BCUT2D eigenvalue weighted by atomic mass is 32.2. The van der Waals surface area contributed by atoms with Crippen LogP contribution in [0.1, 0.15) is 37.3 Å². The second-order valence-electron chi connectivity index (χ2n) is 8.48. The van der Waals surface area contributed by atoms with Gasteiger partial charge in [0.15, 0.2) is 5.82 Å². The second-order valence-corrected chi connectivity index (χ2v) is 11.6. The Morgan fingerprint density at radius 3 is 2.60 bits per heavy atom. The van der Waals surface area contributed by atoms with Gasteiger partial charge in [0, 0.05) is 55.0 Å². The number of halogens is 1. The van der Waals surface area contributed by atoms with Gasteiger partial charge < -0.3 is 9.83 Å². The van der Waals surface area contributed by atoms with Gasteiger partial charge in [-0.05, 0) is 25.5 Å². The molecule has 5 rings (SSSR count). The summed E-state index contributed by atoms with van der Waals surface area (Å²) in [6, 6.07) is 8.37. The van der Waals surface area contributed by atoms with E-state index >= 15 is 0 Å². The number of H-pyrrole nitrogens is 1. The van der Waals surface area contributed by atoms with Crippen molar-refractivity contribution in [3.8, 4) is 6.07 Å². The largest absolute Gasteiger partial charge is 0.331 e. The highest BCUT2D eigenvalue weighted by Crippen LogP contribution is 2.29. The molecule has 2 aliphatic rings. The predicted octanol–water partition coefficient (Wildman–Crippen LogP) is 6.12. The molecule has 1 N–H and O–H groups in total. The number of aryl methyl sites for hydroxylation is 1. The van der Waals surface area contributed by atoms with Crippen molar-refractivity contribution in [3.05, 3.63) is 69.7 Å². The molecule has 4 heterocycles. The molecule has 0 atom stereocenters. The van der Waals surface area contributed by atoms with Gasteiger partial charge >= 0.3 is 0 Å². The van der Waals surface area contributed by atoms with Crippen molar-refractivity contribution >= 4 is 58.2 Å². The average Bonchev–Trinajstić information content (AvgIpc) is 3.70. The summed E-state index contributed by atoms with van der Waals surface area (Å²) in [5, 5.41) is 9.30. The fourth-order valence-corrected chi connectivity index (χ4v) is 5.49. The predicted molar refractivity (Wildman–Crippen MR) is 168 cm³/mol. The van der Waals surface area contributed by atoms with Crippen LogP contribution in [0.3, 0.4) is 0 Å². The summed E-state index contributed by atoms with van der Waals surface area (Å²) >= 11 is 6.66. The fraction of sp³-hybridized carbons (Fsp3) is 0.357. The number of hydrogen-bond acceptors (Lipinski definition) is 11.